The number of esters is 6. The van der Waals surface area contributed by atoms with Crippen LogP contribution in [-0.4, -0.2) is 85.3 Å². The van der Waals surface area contributed by atoms with E-state index in [4.69, 9.17) is 9.47 Å². The summed E-state index contributed by atoms with van der Waals surface area (Å²) < 4.78 is 77.6. The van der Waals surface area contributed by atoms with Crippen LogP contribution >= 0.6 is 0 Å². The minimum absolute atomic E-state index is 0.0597. The van der Waals surface area contributed by atoms with Gasteiger partial charge in [0.05, 0.1) is 10.8 Å². The number of rotatable bonds is 22. The van der Waals surface area contributed by atoms with Crippen molar-refractivity contribution in [2.24, 2.45) is 10.8 Å². The number of halogens is 4. The van der Waals surface area contributed by atoms with E-state index >= 15 is 0 Å². The second-order valence-electron chi connectivity index (χ2n) is 15.9. The van der Waals surface area contributed by atoms with Crippen molar-refractivity contribution in [3.63, 3.8) is 0 Å². The molecule has 0 aromatic rings. The van der Waals surface area contributed by atoms with Crippen molar-refractivity contribution in [3.8, 4) is 0 Å². The fraction of sp³-hybridized carbons (Fsp3) is 0.773. The topological polar surface area (TPSA) is 158 Å². The summed E-state index contributed by atoms with van der Waals surface area (Å²) in [6, 6.07) is 0. The van der Waals surface area contributed by atoms with Crippen LogP contribution in [0.5, 0.6) is 0 Å². The molecule has 0 spiro atoms. The zero-order valence-electron chi connectivity index (χ0n) is 39.3. The van der Waals surface area contributed by atoms with Crippen molar-refractivity contribution < 1.29 is 74.8 Å². The Balaban J connectivity index is -0.000000350. The van der Waals surface area contributed by atoms with Gasteiger partial charge >= 0.3 is 35.8 Å². The maximum absolute atomic E-state index is 12.3. The predicted octanol–water partition coefficient (Wildman–Crippen LogP) is 10.5. The molecule has 60 heavy (non-hydrogen) atoms. The molecular weight excluding hydrogens is 796 g/mol. The number of hydrogen-bond donors (Lipinski definition) is 0. The van der Waals surface area contributed by atoms with Gasteiger partial charge in [-0.2, -0.15) is 0 Å². The van der Waals surface area contributed by atoms with Crippen LogP contribution in [0.1, 0.15) is 162 Å². The number of carbonyl (C=O) groups is 6. The molecule has 0 bridgehead atoms. The summed E-state index contributed by atoms with van der Waals surface area (Å²) in [5.74, 6) is -9.83. The van der Waals surface area contributed by atoms with Gasteiger partial charge in [-0.1, -0.05) is 68.5 Å². The Kier molecular flexibility index (Phi) is 30.6. The molecule has 0 N–H and O–H groups in total. The Morgan fingerprint density at radius 2 is 0.733 bits per heavy atom. The summed E-state index contributed by atoms with van der Waals surface area (Å²) in [7, 11) is 0. The van der Waals surface area contributed by atoms with Gasteiger partial charge in [-0.15, -0.1) is 0 Å². The lowest BCUT2D eigenvalue weighted by Gasteiger charge is -2.34. The summed E-state index contributed by atoms with van der Waals surface area (Å²) in [6.45, 7) is 31.2. The van der Waals surface area contributed by atoms with E-state index in [0.717, 1.165) is 44.9 Å². The van der Waals surface area contributed by atoms with Gasteiger partial charge in [0.2, 0.25) is 0 Å². The molecule has 0 aliphatic heterocycles. The van der Waals surface area contributed by atoms with Crippen molar-refractivity contribution in [1.29, 1.82) is 0 Å². The fourth-order valence-electron chi connectivity index (χ4n) is 3.91. The summed E-state index contributed by atoms with van der Waals surface area (Å²) in [4.78, 5) is 67.2. The van der Waals surface area contributed by atoms with Gasteiger partial charge in [0.15, 0.2) is 26.4 Å². The molecule has 16 heteroatoms. The second kappa shape index (κ2) is 29.3. The average Bonchev–Trinajstić information content (AvgIpc) is 3.18. The summed E-state index contributed by atoms with van der Waals surface area (Å²) in [5.41, 5.74) is -0.998. The normalized spacial score (nSPS) is 11.7. The van der Waals surface area contributed by atoms with E-state index in [-0.39, 0.29) is 34.1 Å². The molecule has 0 amide bonds. The highest BCUT2D eigenvalue weighted by Crippen LogP contribution is 2.30. The molecule has 12 nitrogen and oxygen atoms in total. The number of carbonyl (C=O) groups excluding carboxylic acids is 6. The molecule has 0 atom stereocenters. The second-order valence-corrected chi connectivity index (χ2v) is 15.9. The Morgan fingerprint density at radius 3 is 1.02 bits per heavy atom. The van der Waals surface area contributed by atoms with E-state index in [9.17, 15) is 46.3 Å². The van der Waals surface area contributed by atoms with Crippen molar-refractivity contribution in [2.75, 3.05) is 26.4 Å². The van der Waals surface area contributed by atoms with Gasteiger partial charge in [0.25, 0.3) is 11.8 Å². The Morgan fingerprint density at radius 1 is 0.433 bits per heavy atom. The molecule has 0 aliphatic rings. The molecule has 0 radical (unpaired) electrons. The molecule has 0 saturated carbocycles. The largest absolute Gasteiger partial charge is 0.459 e. The van der Waals surface area contributed by atoms with Crippen molar-refractivity contribution >= 4 is 35.8 Å². The third kappa shape index (κ3) is 29.3. The molecule has 0 saturated heterocycles. The van der Waals surface area contributed by atoms with Crippen molar-refractivity contribution in [3.05, 3.63) is 24.3 Å². The van der Waals surface area contributed by atoms with Crippen LogP contribution in [0.25, 0.3) is 0 Å². The van der Waals surface area contributed by atoms with Gasteiger partial charge in [0.1, 0.15) is 11.2 Å². The maximum atomic E-state index is 12.3. The van der Waals surface area contributed by atoms with E-state index in [2.05, 4.69) is 52.9 Å². The Bertz CT molecular complexity index is 1340. The first kappa shape index (κ1) is 62.7. The highest BCUT2D eigenvalue weighted by molar-refractivity contribution is 5.88. The van der Waals surface area contributed by atoms with Gasteiger partial charge < -0.3 is 28.4 Å². The van der Waals surface area contributed by atoms with Crippen LogP contribution in [0, 0.1) is 10.8 Å². The van der Waals surface area contributed by atoms with E-state index < -0.39 is 67.6 Å². The molecular formula is C44H76F4O12. The number of ether oxygens (including phenoxy) is 6. The van der Waals surface area contributed by atoms with Gasteiger partial charge in [0, 0.05) is 25.0 Å². The van der Waals surface area contributed by atoms with Crippen LogP contribution < -0.4 is 0 Å². The molecule has 0 aromatic heterocycles. The molecule has 0 aromatic carbocycles. The molecule has 0 rings (SSSR count). The van der Waals surface area contributed by atoms with E-state index in [0.29, 0.717) is 25.8 Å². The van der Waals surface area contributed by atoms with E-state index in [1.807, 2.05) is 41.5 Å². The average molecular weight is 873 g/mol. The quantitative estimate of drug-likeness (QED) is 0.0439. The summed E-state index contributed by atoms with van der Waals surface area (Å²) in [5, 5.41) is 0. The minimum Gasteiger partial charge on any atom is -0.459 e. The monoisotopic (exact) mass is 873 g/mol. The highest BCUT2D eigenvalue weighted by atomic mass is 19.3. The molecule has 0 fully saturated rings. The molecule has 0 aliphatic carbocycles. The first-order valence-electron chi connectivity index (χ1n) is 20.4. The van der Waals surface area contributed by atoms with E-state index in [1.54, 1.807) is 27.7 Å². The molecule has 0 heterocycles. The smallest absolute Gasteiger partial charge is 0.344 e. The van der Waals surface area contributed by atoms with Gasteiger partial charge in [-0.25, -0.2) is 36.7 Å². The van der Waals surface area contributed by atoms with Crippen molar-refractivity contribution in [1.82, 2.24) is 0 Å². The lowest BCUT2D eigenvalue weighted by molar-refractivity contribution is -0.172. The zero-order valence-corrected chi connectivity index (χ0v) is 39.3. The van der Waals surface area contributed by atoms with Crippen molar-refractivity contribution in [2.45, 2.75) is 185 Å². The Hall–Kier alpha value is -3.98. The lowest BCUT2D eigenvalue weighted by atomic mass is 9.88. The summed E-state index contributed by atoms with van der Waals surface area (Å²) >= 11 is 0. The first-order valence-corrected chi connectivity index (χ1v) is 20.4. The predicted molar refractivity (Wildman–Crippen MR) is 222 cm³/mol. The van der Waals surface area contributed by atoms with Gasteiger partial charge in [-0.05, 0) is 92.9 Å². The zero-order chi connectivity index (χ0) is 48.3. The third-order valence-corrected chi connectivity index (χ3v) is 9.67. The SMILES string of the molecule is C=C(C)C(=O)OC(CC)(CC)CC.C=C(C)C(=O)OCC(=O)OCC(C)(F)F.CCC(C)(C)C(=O)OCC(=O)OCC(C)(F)F.CCC(CC)(CC)OC(=O)C(C)(C)CC. The number of alkyl halides is 4. The maximum Gasteiger partial charge on any atom is 0.344 e. The fourth-order valence-corrected chi connectivity index (χ4v) is 3.91. The first-order chi connectivity index (χ1) is 27.2. The standard InChI is InChI=1S/C13H26O2.C11H18F2O4.C11H20O2.C9H12F2O4/c1-7-12(5,6)11(14)15-13(8-2,9-3)10-4;1-5-10(2,3)9(15)16-6-8(14)17-7-11(4,12)13;1-6-11(7-2,8-3)13-10(12)9(4)5;1-6(2)8(13)14-4-7(12)15-5-9(3,10)11/h7-10H2,1-6H3;5-7H2,1-4H3;4,6-8H2,1-3,5H3;1,4-5H2,2-3H3. The van der Waals surface area contributed by atoms with E-state index in [1.165, 1.54) is 6.92 Å². The Labute approximate surface area is 356 Å². The highest BCUT2D eigenvalue weighted by Gasteiger charge is 2.35. The van der Waals surface area contributed by atoms with Crippen LogP contribution in [0.2, 0.25) is 0 Å². The molecule has 352 valence electrons. The number of hydrogen-bond acceptors (Lipinski definition) is 12. The summed E-state index contributed by atoms with van der Waals surface area (Å²) in [6.07, 6.45) is 6.63. The minimum atomic E-state index is -3.09. The third-order valence-electron chi connectivity index (χ3n) is 9.67. The van der Waals surface area contributed by atoms with Crippen LogP contribution in [0.3, 0.4) is 0 Å². The molecule has 0 unspecified atom stereocenters. The van der Waals surface area contributed by atoms with Crippen LogP contribution in [0.15, 0.2) is 24.3 Å². The van der Waals surface area contributed by atoms with Crippen LogP contribution in [-0.2, 0) is 57.2 Å². The van der Waals surface area contributed by atoms with Crippen LogP contribution in [0.4, 0.5) is 17.6 Å². The lowest BCUT2D eigenvalue weighted by Crippen LogP contribution is -2.38. The van der Waals surface area contributed by atoms with Gasteiger partial charge in [-0.3, -0.25) is 9.59 Å².